The average Bonchev–Trinajstić information content (AvgIpc) is 3.33. The third kappa shape index (κ3) is 2.67. The number of benzene rings is 1. The molecular formula is C29H34O3. The molecule has 5 atom stereocenters. The van der Waals surface area contributed by atoms with E-state index in [0.717, 1.165) is 50.9 Å². The van der Waals surface area contributed by atoms with Gasteiger partial charge in [0.1, 0.15) is 5.75 Å². The molecule has 1 spiro atoms. The van der Waals surface area contributed by atoms with Crippen LogP contribution in [0.1, 0.15) is 69.8 Å². The Kier molecular flexibility index (Phi) is 4.60. The maximum absolute atomic E-state index is 12.2. The van der Waals surface area contributed by atoms with E-state index in [0.29, 0.717) is 30.0 Å². The van der Waals surface area contributed by atoms with Gasteiger partial charge in [-0.05, 0) is 97.3 Å². The van der Waals surface area contributed by atoms with Crippen LogP contribution in [0.3, 0.4) is 0 Å². The van der Waals surface area contributed by atoms with Crippen LogP contribution in [-0.2, 0) is 9.53 Å². The summed E-state index contributed by atoms with van der Waals surface area (Å²) >= 11 is 0. The summed E-state index contributed by atoms with van der Waals surface area (Å²) in [7, 11) is 1.73. The molecule has 0 N–H and O–H groups in total. The summed E-state index contributed by atoms with van der Waals surface area (Å²) in [6, 6.07) is 8.72. The Labute approximate surface area is 191 Å². The summed E-state index contributed by atoms with van der Waals surface area (Å²) in [6.07, 6.45) is 10.2. The molecule has 4 aliphatic carbocycles. The molecule has 1 aromatic rings. The Balaban J connectivity index is 1.52. The van der Waals surface area contributed by atoms with Crippen molar-refractivity contribution in [3.05, 3.63) is 64.8 Å². The summed E-state index contributed by atoms with van der Waals surface area (Å²) < 4.78 is 12.1. The summed E-state index contributed by atoms with van der Waals surface area (Å²) in [6.45, 7) is 7.85. The first-order valence-electron chi connectivity index (χ1n) is 12.4. The van der Waals surface area contributed by atoms with E-state index in [1.54, 1.807) is 12.7 Å². The Morgan fingerprint density at radius 2 is 1.91 bits per heavy atom. The number of ether oxygens (including phenoxy) is 2. The molecular weight excluding hydrogens is 396 g/mol. The Hall–Kier alpha value is -2.13. The molecule has 32 heavy (non-hydrogen) atoms. The zero-order chi connectivity index (χ0) is 22.1. The lowest BCUT2D eigenvalue weighted by Crippen LogP contribution is -2.52. The quantitative estimate of drug-likeness (QED) is 0.516. The molecule has 3 fully saturated rings. The second-order valence-electron chi connectivity index (χ2n) is 10.8. The lowest BCUT2D eigenvalue weighted by atomic mass is 9.50. The van der Waals surface area contributed by atoms with Gasteiger partial charge in [-0.1, -0.05) is 31.2 Å². The predicted octanol–water partition coefficient (Wildman–Crippen LogP) is 6.31. The molecule has 2 saturated carbocycles. The van der Waals surface area contributed by atoms with Gasteiger partial charge >= 0.3 is 0 Å². The van der Waals surface area contributed by atoms with Crippen LogP contribution in [-0.4, -0.2) is 25.1 Å². The molecule has 1 aliphatic heterocycles. The summed E-state index contributed by atoms with van der Waals surface area (Å²) in [5, 5.41) is 0. The molecule has 3 heteroatoms. The van der Waals surface area contributed by atoms with E-state index in [1.165, 1.54) is 28.7 Å². The topological polar surface area (TPSA) is 35.5 Å². The summed E-state index contributed by atoms with van der Waals surface area (Å²) in [5.41, 5.74) is 7.12. The first-order chi connectivity index (χ1) is 15.5. The van der Waals surface area contributed by atoms with Crippen molar-refractivity contribution in [3.63, 3.8) is 0 Å². The van der Waals surface area contributed by atoms with E-state index in [-0.39, 0.29) is 11.0 Å². The van der Waals surface area contributed by atoms with Gasteiger partial charge in [-0.25, -0.2) is 0 Å². The van der Waals surface area contributed by atoms with Crippen molar-refractivity contribution in [2.24, 2.45) is 17.3 Å². The van der Waals surface area contributed by atoms with Gasteiger partial charge in [-0.3, -0.25) is 4.79 Å². The Morgan fingerprint density at radius 1 is 1.09 bits per heavy atom. The lowest BCUT2D eigenvalue weighted by molar-refractivity contribution is -0.114. The van der Waals surface area contributed by atoms with Crippen LogP contribution in [0, 0.1) is 17.3 Å². The third-order valence-electron chi connectivity index (χ3n) is 9.70. The predicted molar refractivity (Wildman–Crippen MR) is 126 cm³/mol. The molecule has 1 heterocycles. The number of carbonyl (C=O) groups excluding carboxylic acids is 1. The molecule has 3 nitrogen and oxygen atoms in total. The van der Waals surface area contributed by atoms with Gasteiger partial charge in [0.05, 0.1) is 19.3 Å². The monoisotopic (exact) mass is 430 g/mol. The van der Waals surface area contributed by atoms with Crippen LogP contribution in [0.15, 0.2) is 59.2 Å². The highest BCUT2D eigenvalue weighted by Gasteiger charge is 2.65. The van der Waals surface area contributed by atoms with Crippen LogP contribution >= 0.6 is 0 Å². The van der Waals surface area contributed by atoms with Crippen molar-refractivity contribution in [1.29, 1.82) is 0 Å². The molecule has 1 aromatic carbocycles. The second kappa shape index (κ2) is 7.18. The van der Waals surface area contributed by atoms with Gasteiger partial charge in [-0.2, -0.15) is 0 Å². The number of fused-ring (bicyclic) bond motifs is 5. The first kappa shape index (κ1) is 20.5. The van der Waals surface area contributed by atoms with Crippen LogP contribution in [0.2, 0.25) is 0 Å². The van der Waals surface area contributed by atoms with Gasteiger partial charge in [0.25, 0.3) is 0 Å². The highest BCUT2D eigenvalue weighted by atomic mass is 16.5. The fourth-order valence-corrected chi connectivity index (χ4v) is 8.25. The minimum atomic E-state index is -0.156. The Bertz CT molecular complexity index is 1040. The molecule has 6 rings (SSSR count). The van der Waals surface area contributed by atoms with Gasteiger partial charge in [0.15, 0.2) is 5.78 Å². The van der Waals surface area contributed by atoms with Crippen LogP contribution in [0.5, 0.6) is 5.75 Å². The van der Waals surface area contributed by atoms with Crippen LogP contribution in [0.4, 0.5) is 0 Å². The Morgan fingerprint density at radius 3 is 2.62 bits per heavy atom. The standard InChI is InChI=1S/C29H34O3/c1-18-13-15-32-29(18)14-12-26-24-10-6-20-16-21(30)7-11-23(20)27(24)25(17-28(26,29)2)19-4-8-22(31-3)9-5-19/h4-5,8-9,16,24-26H,1,6-7,10-15,17H2,2-3H3/t24-,25+,26-,28-,29+/m0/s1. The van der Waals surface area contributed by atoms with Crippen molar-refractivity contribution in [3.8, 4) is 5.75 Å². The highest BCUT2D eigenvalue weighted by Crippen LogP contribution is 2.70. The zero-order valence-electron chi connectivity index (χ0n) is 19.4. The molecule has 0 unspecified atom stereocenters. The summed E-state index contributed by atoms with van der Waals surface area (Å²) in [5.74, 6) is 2.79. The minimum Gasteiger partial charge on any atom is -0.497 e. The molecule has 0 radical (unpaired) electrons. The number of hydrogen-bond donors (Lipinski definition) is 0. The molecule has 0 amide bonds. The smallest absolute Gasteiger partial charge is 0.156 e. The van der Waals surface area contributed by atoms with Crippen molar-refractivity contribution in [2.45, 2.75) is 69.8 Å². The highest BCUT2D eigenvalue weighted by molar-refractivity contribution is 5.93. The molecule has 168 valence electrons. The number of allylic oxidation sites excluding steroid dienone is 4. The van der Waals surface area contributed by atoms with E-state index in [2.05, 4.69) is 37.8 Å². The zero-order valence-corrected chi connectivity index (χ0v) is 19.4. The van der Waals surface area contributed by atoms with Gasteiger partial charge in [-0.15, -0.1) is 0 Å². The van der Waals surface area contributed by atoms with Crippen molar-refractivity contribution in [2.75, 3.05) is 13.7 Å². The molecule has 1 saturated heterocycles. The number of ketones is 1. The minimum absolute atomic E-state index is 0.103. The van der Waals surface area contributed by atoms with E-state index in [9.17, 15) is 4.79 Å². The van der Waals surface area contributed by atoms with Gasteiger partial charge in [0, 0.05) is 17.8 Å². The maximum atomic E-state index is 12.2. The third-order valence-corrected chi connectivity index (χ3v) is 9.70. The van der Waals surface area contributed by atoms with Gasteiger partial charge in [0.2, 0.25) is 0 Å². The largest absolute Gasteiger partial charge is 0.497 e. The molecule has 0 bridgehead atoms. The maximum Gasteiger partial charge on any atom is 0.156 e. The fraction of sp³-hybridized carbons (Fsp3) is 0.552. The number of methoxy groups -OCH3 is 1. The number of hydrogen-bond acceptors (Lipinski definition) is 3. The lowest BCUT2D eigenvalue weighted by Gasteiger charge is -2.55. The van der Waals surface area contributed by atoms with E-state index in [4.69, 9.17) is 9.47 Å². The first-order valence-corrected chi connectivity index (χ1v) is 12.4. The van der Waals surface area contributed by atoms with Crippen LogP contribution in [0.25, 0.3) is 0 Å². The fourth-order valence-electron chi connectivity index (χ4n) is 8.25. The second-order valence-corrected chi connectivity index (χ2v) is 10.8. The normalized spacial score (nSPS) is 38.4. The summed E-state index contributed by atoms with van der Waals surface area (Å²) in [4.78, 5) is 12.2. The van der Waals surface area contributed by atoms with Crippen molar-refractivity contribution in [1.82, 2.24) is 0 Å². The molecule has 0 aromatic heterocycles. The van der Waals surface area contributed by atoms with Crippen molar-refractivity contribution < 1.29 is 14.3 Å². The van der Waals surface area contributed by atoms with Gasteiger partial charge < -0.3 is 9.47 Å². The number of carbonyl (C=O) groups is 1. The van der Waals surface area contributed by atoms with Crippen LogP contribution < -0.4 is 4.74 Å². The van der Waals surface area contributed by atoms with E-state index in [1.807, 2.05) is 6.08 Å². The SMILES string of the molecule is C=C1CCO[C@]12CC[C@H]1[C@@H]3CCC4=CC(=O)CCC4=C3[C@@H](c3ccc(OC)cc3)C[C@@]12C. The molecule has 5 aliphatic rings. The van der Waals surface area contributed by atoms with E-state index < -0.39 is 0 Å². The van der Waals surface area contributed by atoms with Crippen molar-refractivity contribution >= 4 is 5.78 Å². The average molecular weight is 431 g/mol. The number of rotatable bonds is 2. The van der Waals surface area contributed by atoms with E-state index >= 15 is 0 Å².